The number of rotatable bonds is 6. The molecule has 0 unspecified atom stereocenters. The summed E-state index contributed by atoms with van der Waals surface area (Å²) in [5.74, 6) is 0.315. The lowest BCUT2D eigenvalue weighted by Gasteiger charge is -2.24. The van der Waals surface area contributed by atoms with E-state index in [-0.39, 0.29) is 22.1 Å². The van der Waals surface area contributed by atoms with Crippen molar-refractivity contribution in [1.82, 2.24) is 14.5 Å². The van der Waals surface area contributed by atoms with Crippen LogP contribution in [0.4, 0.5) is 0 Å². The summed E-state index contributed by atoms with van der Waals surface area (Å²) in [6.45, 7) is 1.70. The average Bonchev–Trinajstić information content (AvgIpc) is 3.67. The van der Waals surface area contributed by atoms with Gasteiger partial charge in [-0.3, -0.25) is 9.55 Å². The quantitative estimate of drug-likeness (QED) is 0.182. The van der Waals surface area contributed by atoms with Gasteiger partial charge in [0.1, 0.15) is 11.6 Å². The molecular weight excluding hydrogens is 731 g/mol. The predicted molar refractivity (Wildman–Crippen MR) is 253 cm³/mol. The van der Waals surface area contributed by atoms with Gasteiger partial charge in [0.05, 0.1) is 28.0 Å². The van der Waals surface area contributed by atoms with Crippen molar-refractivity contribution in [3.8, 4) is 67.5 Å². The molecule has 4 heteroatoms. The summed E-state index contributed by atoms with van der Waals surface area (Å²) in [4.78, 5) is 10.3. The number of aromatic hydroxyl groups is 1. The molecule has 1 N–H and O–H groups in total. The highest BCUT2D eigenvalue weighted by Gasteiger charge is 2.27. The van der Waals surface area contributed by atoms with Crippen LogP contribution < -0.4 is 0 Å². The third-order valence-electron chi connectivity index (χ3n) is 11.2. The molecule has 0 saturated heterocycles. The van der Waals surface area contributed by atoms with E-state index in [9.17, 15) is 5.11 Å². The molecule has 0 fully saturated rings. The van der Waals surface area contributed by atoms with Gasteiger partial charge in [0.15, 0.2) is 0 Å². The van der Waals surface area contributed by atoms with E-state index in [1.807, 2.05) is 54.0 Å². The van der Waals surface area contributed by atoms with E-state index in [2.05, 4.69) is 59.7 Å². The number of nitrogens with zero attached hydrogens (tertiary/aromatic N) is 3. The Morgan fingerprint density at radius 2 is 1.25 bits per heavy atom. The lowest BCUT2D eigenvalue weighted by molar-refractivity contribution is 0.471. The molecule has 4 nitrogen and oxygen atoms in total. The standard InChI is InChI=1S/C56H57N3O/c1-35-20-22-37(23-21-35)39-26-27-57-48(32-39)41-29-40(30-44(31-41)56(9,10)11)45-18-15-19-50-51(45)58-53(47-34-43(55(6,7)8)28-36(2)52(47)60)59(50)49-25-24-42(54(3,4)5)33-46(49)38-16-13-12-14-17-38/h12-34,60H,1-11H3/i1D3,3D3,4D3,5D3. The van der Waals surface area contributed by atoms with Crippen LogP contribution in [0.3, 0.4) is 0 Å². The van der Waals surface area contributed by atoms with Crippen LogP contribution in [0.25, 0.3) is 72.7 Å². The van der Waals surface area contributed by atoms with Crippen LogP contribution in [0.2, 0.25) is 0 Å². The van der Waals surface area contributed by atoms with Crippen LogP contribution in [0.15, 0.2) is 140 Å². The maximum absolute atomic E-state index is 12.1. The number of benzene rings is 6. The van der Waals surface area contributed by atoms with Gasteiger partial charge >= 0.3 is 0 Å². The second kappa shape index (κ2) is 15.1. The smallest absolute Gasteiger partial charge is 0.149 e. The first-order valence-corrected chi connectivity index (χ1v) is 20.1. The molecule has 2 aromatic heterocycles. The number of para-hydroxylation sites is 1. The van der Waals surface area contributed by atoms with Gasteiger partial charge in [-0.15, -0.1) is 0 Å². The molecule has 0 saturated carbocycles. The molecule has 0 amide bonds. The molecule has 0 bridgehead atoms. The van der Waals surface area contributed by atoms with Crippen molar-refractivity contribution >= 4 is 11.0 Å². The molecule has 8 aromatic rings. The highest BCUT2D eigenvalue weighted by Crippen LogP contribution is 2.44. The Morgan fingerprint density at radius 3 is 1.95 bits per heavy atom. The number of imidazole rings is 1. The molecule has 8 rings (SSSR count). The van der Waals surface area contributed by atoms with Gasteiger partial charge in [-0.2, -0.15) is 0 Å². The fourth-order valence-corrected chi connectivity index (χ4v) is 7.75. The van der Waals surface area contributed by atoms with Crippen LogP contribution in [-0.2, 0) is 16.2 Å². The minimum atomic E-state index is -3.50. The number of phenols is 1. The van der Waals surface area contributed by atoms with Crippen molar-refractivity contribution in [3.05, 3.63) is 167 Å². The van der Waals surface area contributed by atoms with E-state index < -0.39 is 38.4 Å². The van der Waals surface area contributed by atoms with Gasteiger partial charge in [0, 0.05) is 39.3 Å². The monoisotopic (exact) mass is 800 g/mol. The zero-order valence-corrected chi connectivity index (χ0v) is 35.1. The van der Waals surface area contributed by atoms with E-state index in [4.69, 9.17) is 26.4 Å². The van der Waals surface area contributed by atoms with Crippen LogP contribution in [0.1, 0.15) is 106 Å². The number of fused-ring (bicyclic) bond motifs is 1. The number of aromatic nitrogens is 3. The van der Waals surface area contributed by atoms with E-state index in [0.29, 0.717) is 50.5 Å². The van der Waals surface area contributed by atoms with Gasteiger partial charge in [0.25, 0.3) is 0 Å². The molecule has 0 radical (unpaired) electrons. The van der Waals surface area contributed by atoms with Crippen molar-refractivity contribution in [2.75, 3.05) is 0 Å². The molecule has 2 heterocycles. The van der Waals surface area contributed by atoms with Crippen molar-refractivity contribution in [2.45, 2.75) is 92.1 Å². The largest absolute Gasteiger partial charge is 0.507 e. The first kappa shape index (κ1) is 28.3. The van der Waals surface area contributed by atoms with E-state index in [0.717, 1.165) is 38.9 Å². The molecule has 60 heavy (non-hydrogen) atoms. The molecular formula is C56H57N3O. The second-order valence-electron chi connectivity index (χ2n) is 17.8. The summed E-state index contributed by atoms with van der Waals surface area (Å²) in [6, 6.07) is 39.7. The number of aryl methyl sites for hydroxylation is 2. The van der Waals surface area contributed by atoms with Gasteiger partial charge < -0.3 is 5.11 Å². The van der Waals surface area contributed by atoms with Crippen LogP contribution in [0.5, 0.6) is 5.75 Å². The second-order valence-corrected chi connectivity index (χ2v) is 17.8. The number of hydrogen-bond acceptors (Lipinski definition) is 3. The van der Waals surface area contributed by atoms with E-state index >= 15 is 0 Å². The van der Waals surface area contributed by atoms with Crippen LogP contribution >= 0.6 is 0 Å². The predicted octanol–water partition coefficient (Wildman–Crippen LogP) is 15.0. The Kier molecular flexibility index (Phi) is 7.10. The number of hydrogen-bond donors (Lipinski definition) is 1. The Balaban J connectivity index is 1.45. The highest BCUT2D eigenvalue weighted by atomic mass is 16.3. The third kappa shape index (κ3) is 7.79. The first-order valence-electron chi connectivity index (χ1n) is 26.1. The molecule has 302 valence electrons. The lowest BCUT2D eigenvalue weighted by atomic mass is 9.83. The summed E-state index contributed by atoms with van der Waals surface area (Å²) in [5, 5.41) is 12.1. The van der Waals surface area contributed by atoms with Crippen molar-refractivity contribution in [1.29, 1.82) is 0 Å². The Morgan fingerprint density at radius 1 is 0.550 bits per heavy atom. The normalized spacial score (nSPS) is 16.1. The SMILES string of the molecule is [2H]C([2H])([2H])c1ccc(-c2ccnc(-c3cc(-c4cccc5c4nc(-c4cc(C(C)(C)C)cc(C)c4O)n5-c4ccc(C(C([2H])([2H])[2H])(C([2H])([2H])[2H])C([2H])([2H])[2H])cc4-c4ccccc4)cc(C(C)(C)C)c3)c2)cc1. The Hall–Kier alpha value is -6.26. The maximum atomic E-state index is 12.1. The summed E-state index contributed by atoms with van der Waals surface area (Å²) >= 11 is 0. The zero-order chi connectivity index (χ0) is 52.7. The summed E-state index contributed by atoms with van der Waals surface area (Å²) in [7, 11) is 0. The fraction of sp³-hybridized carbons (Fsp3) is 0.250. The van der Waals surface area contributed by atoms with Crippen molar-refractivity contribution in [3.63, 3.8) is 0 Å². The van der Waals surface area contributed by atoms with Gasteiger partial charge in [0.2, 0.25) is 0 Å². The summed E-state index contributed by atoms with van der Waals surface area (Å²) in [6.07, 6.45) is 1.73. The number of pyridine rings is 1. The Labute approximate surface area is 373 Å². The fourth-order valence-electron chi connectivity index (χ4n) is 7.75. The van der Waals surface area contributed by atoms with Gasteiger partial charge in [-0.05, 0) is 123 Å². The van der Waals surface area contributed by atoms with E-state index in [1.54, 1.807) is 66.9 Å². The topological polar surface area (TPSA) is 50.9 Å². The van der Waals surface area contributed by atoms with Crippen molar-refractivity contribution < 1.29 is 21.6 Å². The minimum Gasteiger partial charge on any atom is -0.507 e. The van der Waals surface area contributed by atoms with Crippen molar-refractivity contribution in [2.24, 2.45) is 0 Å². The molecule has 0 atom stereocenters. The maximum Gasteiger partial charge on any atom is 0.149 e. The highest BCUT2D eigenvalue weighted by molar-refractivity contribution is 5.98. The molecule has 0 spiro atoms. The first-order chi connectivity index (χ1) is 33.3. The van der Waals surface area contributed by atoms with Gasteiger partial charge in [-0.25, -0.2) is 4.98 Å². The summed E-state index contributed by atoms with van der Waals surface area (Å²) < 4.78 is 103. The van der Waals surface area contributed by atoms with E-state index in [1.165, 1.54) is 12.1 Å². The molecule has 6 aromatic carbocycles. The Bertz CT molecular complexity index is 3300. The molecule has 0 aliphatic rings. The average molecular weight is 800 g/mol. The van der Waals surface area contributed by atoms with Gasteiger partial charge in [-0.1, -0.05) is 153 Å². The molecule has 0 aliphatic carbocycles. The lowest BCUT2D eigenvalue weighted by Crippen LogP contribution is -2.13. The zero-order valence-electron chi connectivity index (χ0n) is 47.1. The number of phenolic OH excluding ortho intramolecular Hbond substituents is 1. The molecule has 0 aliphatic heterocycles. The minimum absolute atomic E-state index is 0.0128. The third-order valence-corrected chi connectivity index (χ3v) is 11.2. The summed E-state index contributed by atoms with van der Waals surface area (Å²) in [5.41, 5.74) is 6.02. The van der Waals surface area contributed by atoms with Crippen LogP contribution in [-0.4, -0.2) is 19.6 Å². The van der Waals surface area contributed by atoms with Crippen LogP contribution in [0, 0.1) is 13.8 Å².